The van der Waals surface area contributed by atoms with Gasteiger partial charge in [0.1, 0.15) is 6.61 Å². The summed E-state index contributed by atoms with van der Waals surface area (Å²) in [4.78, 5) is 16.9. The minimum absolute atomic E-state index is 0.204. The Labute approximate surface area is 200 Å². The highest BCUT2D eigenvalue weighted by Crippen LogP contribution is 2.34. The quantitative estimate of drug-likeness (QED) is 0.470. The number of hydrogen-bond donors (Lipinski definition) is 0. The number of alkyl halides is 3. The summed E-state index contributed by atoms with van der Waals surface area (Å²) < 4.78 is 46.7. The molecule has 180 valence electrons. The first-order chi connectivity index (χ1) is 16.2. The summed E-state index contributed by atoms with van der Waals surface area (Å²) in [6.45, 7) is 4.77. The zero-order valence-electron chi connectivity index (χ0n) is 18.6. The van der Waals surface area contributed by atoms with Gasteiger partial charge in [-0.1, -0.05) is 35.9 Å². The predicted octanol–water partition coefficient (Wildman–Crippen LogP) is 4.62. The first kappa shape index (κ1) is 24.3. The number of carbonyl (C=O) groups is 1. The zero-order valence-corrected chi connectivity index (χ0v) is 19.3. The Morgan fingerprint density at radius 1 is 1.06 bits per heavy atom. The van der Waals surface area contributed by atoms with E-state index in [1.165, 1.54) is 12.1 Å². The number of para-hydroxylation sites is 1. The van der Waals surface area contributed by atoms with Crippen molar-refractivity contribution in [3.63, 3.8) is 0 Å². The van der Waals surface area contributed by atoms with Crippen LogP contribution in [0, 0.1) is 0 Å². The molecule has 2 heterocycles. The van der Waals surface area contributed by atoms with E-state index < -0.39 is 17.8 Å². The highest BCUT2D eigenvalue weighted by molar-refractivity contribution is 6.32. The Kier molecular flexibility index (Phi) is 7.25. The van der Waals surface area contributed by atoms with Crippen LogP contribution in [0.15, 0.2) is 54.6 Å². The molecule has 0 bridgehead atoms. The van der Waals surface area contributed by atoms with Gasteiger partial charge in [0.05, 0.1) is 22.0 Å². The Morgan fingerprint density at radius 3 is 2.38 bits per heavy atom. The van der Waals surface area contributed by atoms with E-state index in [-0.39, 0.29) is 17.3 Å². The number of benzene rings is 2. The van der Waals surface area contributed by atoms with Gasteiger partial charge in [0, 0.05) is 38.3 Å². The van der Waals surface area contributed by atoms with E-state index in [1.807, 2.05) is 0 Å². The number of ether oxygens (including phenoxy) is 1. The number of aromatic nitrogens is 2. The third kappa shape index (κ3) is 5.60. The van der Waals surface area contributed by atoms with Gasteiger partial charge in [-0.2, -0.15) is 18.3 Å². The van der Waals surface area contributed by atoms with Gasteiger partial charge in [0.2, 0.25) is 0 Å². The monoisotopic (exact) mass is 492 g/mol. The highest BCUT2D eigenvalue weighted by atomic mass is 35.5. The van der Waals surface area contributed by atoms with E-state index in [1.54, 1.807) is 36.4 Å². The van der Waals surface area contributed by atoms with E-state index in [0.29, 0.717) is 23.4 Å². The molecular formula is C24H24ClF3N4O2. The molecule has 1 fully saturated rings. The number of piperazine rings is 1. The summed E-state index contributed by atoms with van der Waals surface area (Å²) in [5.74, 6) is -0.476. The molecule has 6 nitrogen and oxygen atoms in total. The second-order valence-corrected chi connectivity index (χ2v) is 8.54. The van der Waals surface area contributed by atoms with Crippen LogP contribution in [0.4, 0.5) is 13.2 Å². The SMILES string of the molecule is CN1CCN(CCOC(=O)c2ccc(-c3cc(C(F)(F)F)nn3-c3ccccc3Cl)cc2)CC1. The number of carbonyl (C=O) groups excluding carboxylic acids is 1. The standard InChI is InChI=1S/C24H24ClF3N4O2/c1-30-10-12-31(13-11-30)14-15-34-23(33)18-8-6-17(7-9-18)21-16-22(24(26,27)28)29-32(21)20-5-3-2-4-19(20)25/h2-9,16H,10-15H2,1H3. The van der Waals surface area contributed by atoms with Crippen LogP contribution in [0.1, 0.15) is 16.1 Å². The third-order valence-corrected chi connectivity index (χ3v) is 6.05. The van der Waals surface area contributed by atoms with Crippen LogP contribution in [-0.4, -0.2) is 71.9 Å². The maximum absolute atomic E-state index is 13.4. The third-order valence-electron chi connectivity index (χ3n) is 5.73. The molecule has 1 aromatic heterocycles. The second kappa shape index (κ2) is 10.2. The van der Waals surface area contributed by atoms with Gasteiger partial charge in [0.15, 0.2) is 5.69 Å². The average molecular weight is 493 g/mol. The van der Waals surface area contributed by atoms with Gasteiger partial charge in [-0.25, -0.2) is 9.48 Å². The van der Waals surface area contributed by atoms with Crippen molar-refractivity contribution in [2.45, 2.75) is 6.18 Å². The summed E-state index contributed by atoms with van der Waals surface area (Å²) in [5.41, 5.74) is 0.270. The lowest BCUT2D eigenvalue weighted by Crippen LogP contribution is -2.45. The Bertz CT molecular complexity index is 1140. The maximum atomic E-state index is 13.4. The molecule has 2 aromatic carbocycles. The molecule has 34 heavy (non-hydrogen) atoms. The average Bonchev–Trinajstić information content (AvgIpc) is 3.27. The van der Waals surface area contributed by atoms with Crippen LogP contribution in [0.25, 0.3) is 16.9 Å². The van der Waals surface area contributed by atoms with Crippen molar-refractivity contribution >= 4 is 17.6 Å². The fraction of sp³-hybridized carbons (Fsp3) is 0.333. The molecule has 0 aliphatic carbocycles. The first-order valence-corrected chi connectivity index (χ1v) is 11.2. The van der Waals surface area contributed by atoms with Gasteiger partial charge < -0.3 is 9.64 Å². The van der Waals surface area contributed by atoms with Crippen LogP contribution in [0.5, 0.6) is 0 Å². The highest BCUT2D eigenvalue weighted by Gasteiger charge is 2.35. The Morgan fingerprint density at radius 2 is 1.74 bits per heavy atom. The summed E-state index contributed by atoms with van der Waals surface area (Å²) in [7, 11) is 2.08. The summed E-state index contributed by atoms with van der Waals surface area (Å²) in [6, 6.07) is 13.7. The molecule has 0 radical (unpaired) electrons. The molecule has 1 aliphatic rings. The number of esters is 1. The minimum atomic E-state index is -4.62. The van der Waals surface area contributed by atoms with Gasteiger partial charge >= 0.3 is 12.1 Å². The first-order valence-electron chi connectivity index (χ1n) is 10.8. The van der Waals surface area contributed by atoms with Gasteiger partial charge in [-0.05, 0) is 37.4 Å². The van der Waals surface area contributed by atoms with Crippen LogP contribution in [-0.2, 0) is 10.9 Å². The van der Waals surface area contributed by atoms with Crippen LogP contribution in [0.3, 0.4) is 0 Å². The molecule has 0 atom stereocenters. The van der Waals surface area contributed by atoms with Gasteiger partial charge in [0.25, 0.3) is 0 Å². The van der Waals surface area contributed by atoms with E-state index in [4.69, 9.17) is 16.3 Å². The van der Waals surface area contributed by atoms with Crippen LogP contribution < -0.4 is 0 Å². The molecule has 10 heteroatoms. The summed E-state index contributed by atoms with van der Waals surface area (Å²) >= 11 is 6.21. The molecule has 0 N–H and O–H groups in total. The number of rotatable bonds is 6. The molecule has 0 amide bonds. The van der Waals surface area contributed by atoms with E-state index in [2.05, 4.69) is 21.9 Å². The normalized spacial score (nSPS) is 15.4. The van der Waals surface area contributed by atoms with Gasteiger partial charge in [-0.3, -0.25) is 4.90 Å². The fourth-order valence-corrected chi connectivity index (χ4v) is 3.95. The van der Waals surface area contributed by atoms with Crippen molar-refractivity contribution in [3.05, 3.63) is 70.9 Å². The van der Waals surface area contributed by atoms with Crippen molar-refractivity contribution in [2.75, 3.05) is 46.4 Å². The fourth-order valence-electron chi connectivity index (χ4n) is 3.73. The lowest BCUT2D eigenvalue weighted by Gasteiger charge is -2.32. The van der Waals surface area contributed by atoms with Crippen LogP contribution >= 0.6 is 11.6 Å². The van der Waals surface area contributed by atoms with Crippen molar-refractivity contribution in [2.24, 2.45) is 0 Å². The van der Waals surface area contributed by atoms with Crippen molar-refractivity contribution in [3.8, 4) is 16.9 Å². The van der Waals surface area contributed by atoms with Crippen molar-refractivity contribution < 1.29 is 22.7 Å². The minimum Gasteiger partial charge on any atom is -0.461 e. The summed E-state index contributed by atoms with van der Waals surface area (Å²) in [6.07, 6.45) is -4.62. The molecule has 1 saturated heterocycles. The molecule has 0 saturated carbocycles. The van der Waals surface area contributed by atoms with Crippen LogP contribution in [0.2, 0.25) is 5.02 Å². The van der Waals surface area contributed by atoms with E-state index in [0.717, 1.165) is 36.9 Å². The predicted molar refractivity (Wildman–Crippen MR) is 123 cm³/mol. The smallest absolute Gasteiger partial charge is 0.435 e. The lowest BCUT2D eigenvalue weighted by atomic mass is 10.1. The topological polar surface area (TPSA) is 50.6 Å². The maximum Gasteiger partial charge on any atom is 0.435 e. The number of nitrogens with zero attached hydrogens (tertiary/aromatic N) is 4. The number of likely N-dealkylation sites (N-methyl/N-ethyl adjacent to an activating group) is 1. The molecule has 1 aliphatic heterocycles. The van der Waals surface area contributed by atoms with Crippen molar-refractivity contribution in [1.82, 2.24) is 19.6 Å². The van der Waals surface area contributed by atoms with E-state index >= 15 is 0 Å². The number of hydrogen-bond acceptors (Lipinski definition) is 5. The lowest BCUT2D eigenvalue weighted by molar-refractivity contribution is -0.141. The zero-order chi connectivity index (χ0) is 24.3. The molecule has 0 unspecified atom stereocenters. The molecule has 0 spiro atoms. The molecule has 4 rings (SSSR count). The molecule has 3 aromatic rings. The molecular weight excluding hydrogens is 469 g/mol. The Balaban J connectivity index is 1.49. The summed E-state index contributed by atoms with van der Waals surface area (Å²) in [5, 5.41) is 4.01. The second-order valence-electron chi connectivity index (χ2n) is 8.13. The largest absolute Gasteiger partial charge is 0.461 e. The Hall–Kier alpha value is -2.88. The number of halogens is 4. The van der Waals surface area contributed by atoms with E-state index in [9.17, 15) is 18.0 Å². The van der Waals surface area contributed by atoms with Crippen molar-refractivity contribution in [1.29, 1.82) is 0 Å². The van der Waals surface area contributed by atoms with Gasteiger partial charge in [-0.15, -0.1) is 0 Å².